The zero-order valence-electron chi connectivity index (χ0n) is 14.8. The second-order valence-corrected chi connectivity index (χ2v) is 6.65. The first-order valence-electron chi connectivity index (χ1n) is 8.80. The Kier molecular flexibility index (Phi) is 4.35. The molecule has 2 amide bonds. The molecular formula is C20H19FN4O2. The number of halogens is 1. The van der Waals surface area contributed by atoms with Crippen LogP contribution in [0.2, 0.25) is 0 Å². The van der Waals surface area contributed by atoms with Crippen LogP contribution < -0.4 is 10.6 Å². The summed E-state index contributed by atoms with van der Waals surface area (Å²) in [5.74, 6) is -0.781. The summed E-state index contributed by atoms with van der Waals surface area (Å²) in [6.45, 7) is 0.388. The van der Waals surface area contributed by atoms with Crippen molar-refractivity contribution in [2.75, 3.05) is 11.9 Å². The predicted octanol–water partition coefficient (Wildman–Crippen LogP) is 2.50. The van der Waals surface area contributed by atoms with Crippen LogP contribution in [-0.2, 0) is 23.1 Å². The van der Waals surface area contributed by atoms with E-state index in [0.717, 1.165) is 16.9 Å². The van der Waals surface area contributed by atoms with Crippen LogP contribution in [0.3, 0.4) is 0 Å². The van der Waals surface area contributed by atoms with Crippen LogP contribution in [-0.4, -0.2) is 27.9 Å². The Morgan fingerprint density at radius 2 is 2.15 bits per heavy atom. The van der Waals surface area contributed by atoms with Gasteiger partial charge in [-0.15, -0.1) is 0 Å². The first-order chi connectivity index (χ1) is 13.0. The van der Waals surface area contributed by atoms with E-state index in [0.29, 0.717) is 24.2 Å². The summed E-state index contributed by atoms with van der Waals surface area (Å²) in [5, 5.41) is 5.54. The lowest BCUT2D eigenvalue weighted by molar-refractivity contribution is -0.126. The van der Waals surface area contributed by atoms with Crippen molar-refractivity contribution in [2.45, 2.75) is 18.8 Å². The molecule has 1 atom stereocenters. The predicted molar refractivity (Wildman–Crippen MR) is 99.8 cm³/mol. The van der Waals surface area contributed by atoms with E-state index in [4.69, 9.17) is 0 Å². The highest BCUT2D eigenvalue weighted by atomic mass is 19.1. The lowest BCUT2D eigenvalue weighted by Crippen LogP contribution is -2.36. The number of fused-ring (bicyclic) bond motifs is 2. The quantitative estimate of drug-likeness (QED) is 0.745. The highest BCUT2D eigenvalue weighted by Gasteiger charge is 2.30. The molecule has 6 nitrogen and oxygen atoms in total. The first-order valence-corrected chi connectivity index (χ1v) is 8.80. The highest BCUT2D eigenvalue weighted by Crippen LogP contribution is 2.32. The number of anilines is 1. The molecule has 2 heterocycles. The monoisotopic (exact) mass is 366 g/mol. The Hall–Kier alpha value is -3.22. The second-order valence-electron chi connectivity index (χ2n) is 6.65. The molecule has 3 aromatic rings. The summed E-state index contributed by atoms with van der Waals surface area (Å²) in [7, 11) is 1.94. The fourth-order valence-electron chi connectivity index (χ4n) is 3.51. The first kappa shape index (κ1) is 17.2. The molecule has 2 aromatic carbocycles. The van der Waals surface area contributed by atoms with Crippen LogP contribution in [0.25, 0.3) is 11.0 Å². The Labute approximate surface area is 155 Å². The lowest BCUT2D eigenvalue weighted by Gasteiger charge is -2.24. The van der Waals surface area contributed by atoms with E-state index in [1.165, 1.54) is 18.2 Å². The van der Waals surface area contributed by atoms with E-state index in [1.54, 1.807) is 0 Å². The summed E-state index contributed by atoms with van der Waals surface area (Å²) in [4.78, 5) is 29.1. The van der Waals surface area contributed by atoms with Gasteiger partial charge in [0.1, 0.15) is 11.6 Å². The third-order valence-corrected chi connectivity index (χ3v) is 4.90. The minimum absolute atomic E-state index is 0.00851. The van der Waals surface area contributed by atoms with E-state index >= 15 is 0 Å². The van der Waals surface area contributed by atoms with Gasteiger partial charge in [0.15, 0.2) is 0 Å². The van der Waals surface area contributed by atoms with Gasteiger partial charge >= 0.3 is 0 Å². The van der Waals surface area contributed by atoms with Crippen molar-refractivity contribution in [1.29, 1.82) is 0 Å². The van der Waals surface area contributed by atoms with Crippen molar-refractivity contribution in [2.24, 2.45) is 7.05 Å². The number of rotatable bonds is 4. The molecule has 1 aliphatic heterocycles. The Morgan fingerprint density at radius 3 is 2.96 bits per heavy atom. The van der Waals surface area contributed by atoms with Crippen LogP contribution >= 0.6 is 0 Å². The molecule has 7 heteroatoms. The van der Waals surface area contributed by atoms with E-state index in [1.807, 2.05) is 35.9 Å². The number of hydrogen-bond acceptors (Lipinski definition) is 3. The molecule has 138 valence electrons. The molecule has 0 aliphatic carbocycles. The Balaban J connectivity index is 1.46. The molecule has 0 bridgehead atoms. The van der Waals surface area contributed by atoms with Gasteiger partial charge in [0.05, 0.1) is 17.0 Å². The molecule has 0 radical (unpaired) electrons. The van der Waals surface area contributed by atoms with E-state index in [9.17, 15) is 14.0 Å². The van der Waals surface area contributed by atoms with Crippen LogP contribution in [0, 0.1) is 5.82 Å². The summed E-state index contributed by atoms with van der Waals surface area (Å²) >= 11 is 0. The number of amides is 2. The molecule has 4 rings (SSSR count). The summed E-state index contributed by atoms with van der Waals surface area (Å²) < 4.78 is 15.6. The molecule has 1 unspecified atom stereocenters. The van der Waals surface area contributed by atoms with Crippen molar-refractivity contribution in [3.05, 3.63) is 59.7 Å². The third kappa shape index (κ3) is 3.28. The number of para-hydroxylation sites is 2. The van der Waals surface area contributed by atoms with Gasteiger partial charge in [-0.2, -0.15) is 0 Å². The van der Waals surface area contributed by atoms with Crippen molar-refractivity contribution >= 4 is 28.5 Å². The maximum absolute atomic E-state index is 13.6. The topological polar surface area (TPSA) is 76.0 Å². The van der Waals surface area contributed by atoms with Crippen molar-refractivity contribution in [1.82, 2.24) is 14.9 Å². The van der Waals surface area contributed by atoms with Gasteiger partial charge in [-0.3, -0.25) is 9.59 Å². The number of nitrogens with one attached hydrogen (secondary N) is 2. The molecule has 1 aliphatic rings. The van der Waals surface area contributed by atoms with Gasteiger partial charge in [0.25, 0.3) is 0 Å². The molecule has 0 saturated heterocycles. The zero-order chi connectivity index (χ0) is 19.0. The minimum Gasteiger partial charge on any atom is -0.355 e. The Morgan fingerprint density at radius 1 is 1.33 bits per heavy atom. The maximum atomic E-state index is 13.6. The standard InChI is InChI=1S/C20H19FN4O2/c1-25-17-5-3-2-4-16(17)23-18(25)8-9-22-20(27)14-11-19(26)24-15-7-6-12(21)10-13(14)15/h2-7,10,14H,8-9,11H2,1H3,(H,22,27)(H,24,26). The van der Waals surface area contributed by atoms with Crippen LogP contribution in [0.5, 0.6) is 0 Å². The number of carbonyl (C=O) groups excluding carboxylic acids is 2. The fourth-order valence-corrected chi connectivity index (χ4v) is 3.51. The lowest BCUT2D eigenvalue weighted by atomic mass is 9.89. The summed E-state index contributed by atoms with van der Waals surface area (Å²) in [6, 6.07) is 11.9. The summed E-state index contributed by atoms with van der Waals surface area (Å²) in [6.07, 6.45) is 0.570. The number of hydrogen-bond donors (Lipinski definition) is 2. The fraction of sp³-hybridized carbons (Fsp3) is 0.250. The largest absolute Gasteiger partial charge is 0.355 e. The van der Waals surface area contributed by atoms with E-state index < -0.39 is 11.7 Å². The molecule has 0 spiro atoms. The van der Waals surface area contributed by atoms with Crippen LogP contribution in [0.4, 0.5) is 10.1 Å². The number of nitrogens with zero attached hydrogens (tertiary/aromatic N) is 2. The number of benzene rings is 2. The average Bonchev–Trinajstić information content (AvgIpc) is 2.97. The number of aryl methyl sites for hydroxylation is 1. The number of aromatic nitrogens is 2. The molecule has 1 aromatic heterocycles. The van der Waals surface area contributed by atoms with Gasteiger partial charge in [-0.05, 0) is 35.9 Å². The van der Waals surface area contributed by atoms with Crippen LogP contribution in [0.15, 0.2) is 42.5 Å². The van der Waals surface area contributed by atoms with Crippen LogP contribution in [0.1, 0.15) is 23.7 Å². The van der Waals surface area contributed by atoms with Crippen molar-refractivity contribution in [3.8, 4) is 0 Å². The van der Waals surface area contributed by atoms with Gasteiger partial charge in [-0.1, -0.05) is 12.1 Å². The van der Waals surface area contributed by atoms with Crippen molar-refractivity contribution < 1.29 is 14.0 Å². The molecular weight excluding hydrogens is 347 g/mol. The van der Waals surface area contributed by atoms with Gasteiger partial charge in [-0.25, -0.2) is 9.37 Å². The molecule has 2 N–H and O–H groups in total. The zero-order valence-corrected chi connectivity index (χ0v) is 14.8. The summed E-state index contributed by atoms with van der Waals surface area (Å²) in [5.41, 5.74) is 2.94. The number of imidazole rings is 1. The van der Waals surface area contributed by atoms with Gasteiger partial charge < -0.3 is 15.2 Å². The maximum Gasteiger partial charge on any atom is 0.228 e. The smallest absolute Gasteiger partial charge is 0.228 e. The second kappa shape index (κ2) is 6.83. The van der Waals surface area contributed by atoms with Gasteiger partial charge in [0, 0.05) is 32.1 Å². The SMILES string of the molecule is Cn1c(CCNC(=O)C2CC(=O)Nc3ccc(F)cc32)nc2ccccc21. The number of carbonyl (C=O) groups is 2. The molecule has 0 fully saturated rings. The highest BCUT2D eigenvalue weighted by molar-refractivity contribution is 6.01. The average molecular weight is 366 g/mol. The third-order valence-electron chi connectivity index (χ3n) is 4.90. The minimum atomic E-state index is -0.690. The van der Waals surface area contributed by atoms with E-state index in [-0.39, 0.29) is 18.2 Å². The Bertz CT molecular complexity index is 1040. The molecule has 27 heavy (non-hydrogen) atoms. The normalized spacial score (nSPS) is 16.1. The molecule has 0 saturated carbocycles. The van der Waals surface area contributed by atoms with Crippen molar-refractivity contribution in [3.63, 3.8) is 0 Å². The van der Waals surface area contributed by atoms with E-state index in [2.05, 4.69) is 15.6 Å². The van der Waals surface area contributed by atoms with Gasteiger partial charge in [0.2, 0.25) is 11.8 Å².